The van der Waals surface area contributed by atoms with Crippen LogP contribution in [0, 0.1) is 0 Å². The Morgan fingerprint density at radius 2 is 1.39 bits per heavy atom. The van der Waals surface area contributed by atoms with Crippen molar-refractivity contribution in [3.05, 3.63) is 59.7 Å². The highest BCUT2D eigenvalue weighted by Gasteiger charge is 2.32. The Balaban J connectivity index is 2.53. The molecular formula is C26H36N4O5S. The van der Waals surface area contributed by atoms with E-state index < -0.39 is 29.4 Å². The zero-order valence-electron chi connectivity index (χ0n) is 21.9. The first kappa shape index (κ1) is 28.8. The van der Waals surface area contributed by atoms with E-state index in [9.17, 15) is 14.4 Å². The van der Waals surface area contributed by atoms with Crippen molar-refractivity contribution in [1.82, 2.24) is 4.90 Å². The molecule has 2 N–H and O–H groups in total. The number of imide groups is 1. The molecule has 0 aliphatic carbocycles. The molecule has 0 aliphatic heterocycles. The number of nitrogens with two attached hydrogens (primary N) is 1. The summed E-state index contributed by atoms with van der Waals surface area (Å²) in [5.74, 6) is 0. The molecule has 36 heavy (non-hydrogen) atoms. The zero-order chi connectivity index (χ0) is 27.3. The van der Waals surface area contributed by atoms with Gasteiger partial charge >= 0.3 is 18.2 Å². The Labute approximate surface area is 218 Å². The van der Waals surface area contributed by atoms with E-state index in [0.717, 1.165) is 20.5 Å². The van der Waals surface area contributed by atoms with Gasteiger partial charge in [-0.1, -0.05) is 43.1 Å². The van der Waals surface area contributed by atoms with Crippen LogP contribution in [-0.2, 0) is 22.6 Å². The summed E-state index contributed by atoms with van der Waals surface area (Å²) >= 11 is 4.16. The Hall–Kier alpha value is -3.40. The van der Waals surface area contributed by atoms with Crippen LogP contribution in [0.15, 0.2) is 48.5 Å². The molecule has 0 spiro atoms. The molecule has 0 aliphatic rings. The second kappa shape index (κ2) is 11.6. The third-order valence-corrected chi connectivity index (χ3v) is 5.17. The van der Waals surface area contributed by atoms with E-state index in [1.165, 1.54) is 0 Å². The Morgan fingerprint density at radius 3 is 1.86 bits per heavy atom. The maximum atomic E-state index is 13.1. The Kier molecular flexibility index (Phi) is 9.26. The number of benzene rings is 2. The number of hydrogen-bond donors (Lipinski definition) is 2. The number of carbonyl (C=O) groups excluding carboxylic acids is 3. The van der Waals surface area contributed by atoms with Crippen molar-refractivity contribution in [1.29, 1.82) is 0 Å². The second-order valence-corrected chi connectivity index (χ2v) is 10.8. The van der Waals surface area contributed by atoms with Gasteiger partial charge in [0.2, 0.25) is 0 Å². The van der Waals surface area contributed by atoms with Crippen LogP contribution in [0.1, 0.15) is 52.7 Å². The van der Waals surface area contributed by atoms with Crippen LogP contribution in [-0.4, -0.2) is 41.4 Å². The molecule has 10 heteroatoms. The number of carbonyl (C=O) groups is 3. The number of ether oxygens (including phenoxy) is 2. The van der Waals surface area contributed by atoms with Crippen LogP contribution >= 0.6 is 12.8 Å². The van der Waals surface area contributed by atoms with Crippen molar-refractivity contribution in [2.45, 2.75) is 65.8 Å². The lowest BCUT2D eigenvalue weighted by Gasteiger charge is -2.30. The lowest BCUT2D eigenvalue weighted by molar-refractivity contribution is -0.000229. The van der Waals surface area contributed by atoms with Crippen LogP contribution in [0.2, 0.25) is 0 Å². The van der Waals surface area contributed by atoms with E-state index >= 15 is 0 Å². The first-order valence-corrected chi connectivity index (χ1v) is 11.9. The van der Waals surface area contributed by atoms with Gasteiger partial charge in [-0.25, -0.2) is 23.6 Å². The standard InChI is InChI=1S/C26H36N4O5S/c1-25(2,3)34-23(32)29(24(33)35-26(4,5)6)17-19-15-20(30(36)22(27)31)13-14-21(19)28(7)16-18-11-9-8-10-12-18/h8-15,36H,16-17H2,1-7H3,(H2,27,31). The smallest absolute Gasteiger partial charge is 0.420 e. The second-order valence-electron chi connectivity index (χ2n) is 10.4. The monoisotopic (exact) mass is 516 g/mol. The molecule has 0 atom stereocenters. The summed E-state index contributed by atoms with van der Waals surface area (Å²) in [5, 5.41) is 0. The van der Waals surface area contributed by atoms with Gasteiger partial charge in [0, 0.05) is 19.3 Å². The summed E-state index contributed by atoms with van der Waals surface area (Å²) in [5.41, 5.74) is 6.46. The van der Waals surface area contributed by atoms with Gasteiger partial charge in [-0.05, 0) is 70.9 Å². The van der Waals surface area contributed by atoms with E-state index in [2.05, 4.69) is 12.8 Å². The van der Waals surface area contributed by atoms with Gasteiger partial charge in [0.05, 0.1) is 12.2 Å². The largest absolute Gasteiger partial charge is 0.443 e. The fourth-order valence-electron chi connectivity index (χ4n) is 3.28. The number of anilines is 2. The number of amides is 4. The summed E-state index contributed by atoms with van der Waals surface area (Å²) < 4.78 is 12.0. The Morgan fingerprint density at radius 1 is 0.861 bits per heavy atom. The topological polar surface area (TPSA) is 105 Å². The van der Waals surface area contributed by atoms with Crippen molar-refractivity contribution in [2.75, 3.05) is 16.3 Å². The normalized spacial score (nSPS) is 11.4. The minimum absolute atomic E-state index is 0.174. The van der Waals surface area contributed by atoms with E-state index in [-0.39, 0.29) is 6.54 Å². The van der Waals surface area contributed by atoms with Gasteiger partial charge in [-0.3, -0.25) is 0 Å². The molecule has 0 fully saturated rings. The van der Waals surface area contributed by atoms with Crippen LogP contribution in [0.5, 0.6) is 0 Å². The fraction of sp³-hybridized carbons (Fsp3) is 0.423. The van der Waals surface area contributed by atoms with Crippen LogP contribution < -0.4 is 14.9 Å². The highest BCUT2D eigenvalue weighted by molar-refractivity contribution is 7.82. The minimum Gasteiger partial charge on any atom is -0.443 e. The molecule has 0 unspecified atom stereocenters. The van der Waals surface area contributed by atoms with Crippen molar-refractivity contribution >= 4 is 42.4 Å². The molecule has 0 saturated heterocycles. The summed E-state index contributed by atoms with van der Waals surface area (Å²) in [6, 6.07) is 14.2. The number of urea groups is 1. The SMILES string of the molecule is CN(Cc1ccccc1)c1ccc(N(S)C(N)=O)cc1CN(C(=O)OC(C)(C)C)C(=O)OC(C)(C)C. The molecule has 0 saturated carbocycles. The summed E-state index contributed by atoms with van der Waals surface area (Å²) in [6.07, 6.45) is -1.70. The molecule has 2 rings (SSSR count). The van der Waals surface area contributed by atoms with Crippen LogP contribution in [0.4, 0.5) is 25.8 Å². The molecular weight excluding hydrogens is 480 g/mol. The summed E-state index contributed by atoms with van der Waals surface area (Å²) in [4.78, 5) is 40.8. The van der Waals surface area contributed by atoms with Crippen LogP contribution in [0.25, 0.3) is 0 Å². The molecule has 196 valence electrons. The van der Waals surface area contributed by atoms with Crippen molar-refractivity contribution in [3.63, 3.8) is 0 Å². The third kappa shape index (κ3) is 8.67. The highest BCUT2D eigenvalue weighted by Crippen LogP contribution is 2.30. The van der Waals surface area contributed by atoms with Gasteiger partial charge in [-0.2, -0.15) is 0 Å². The minimum atomic E-state index is -0.851. The molecule has 2 aromatic carbocycles. The lowest BCUT2D eigenvalue weighted by atomic mass is 10.1. The molecule has 2 aromatic rings. The average molecular weight is 517 g/mol. The number of thiol groups is 1. The van der Waals surface area contributed by atoms with Crippen molar-refractivity contribution in [3.8, 4) is 0 Å². The first-order valence-electron chi connectivity index (χ1n) is 11.5. The van der Waals surface area contributed by atoms with Crippen molar-refractivity contribution in [2.24, 2.45) is 5.73 Å². The molecule has 4 amide bonds. The number of rotatable bonds is 6. The van der Waals surface area contributed by atoms with Crippen LogP contribution in [0.3, 0.4) is 0 Å². The predicted octanol–water partition coefficient (Wildman–Crippen LogP) is 5.73. The molecule has 9 nitrogen and oxygen atoms in total. The van der Waals surface area contributed by atoms with Gasteiger partial charge in [-0.15, -0.1) is 0 Å². The van der Waals surface area contributed by atoms with Gasteiger partial charge in [0.15, 0.2) is 0 Å². The number of hydrogen-bond acceptors (Lipinski definition) is 7. The molecule has 0 heterocycles. The molecule has 0 bridgehead atoms. The van der Waals surface area contributed by atoms with E-state index in [1.54, 1.807) is 59.7 Å². The molecule has 0 aromatic heterocycles. The maximum Gasteiger partial charge on any atom is 0.420 e. The Bertz CT molecular complexity index is 1050. The van der Waals surface area contributed by atoms with Gasteiger partial charge in [0.1, 0.15) is 11.2 Å². The van der Waals surface area contributed by atoms with Gasteiger partial charge in [0.25, 0.3) is 0 Å². The summed E-state index contributed by atoms with van der Waals surface area (Å²) in [6.45, 7) is 10.7. The lowest BCUT2D eigenvalue weighted by Crippen LogP contribution is -2.43. The summed E-state index contributed by atoms with van der Waals surface area (Å²) in [7, 11) is 1.89. The van der Waals surface area contributed by atoms with E-state index in [4.69, 9.17) is 15.2 Å². The quantitative estimate of drug-likeness (QED) is 0.476. The maximum absolute atomic E-state index is 13.1. The first-order chi connectivity index (χ1) is 16.6. The van der Waals surface area contributed by atoms with E-state index in [0.29, 0.717) is 17.8 Å². The third-order valence-electron chi connectivity index (χ3n) is 4.75. The number of nitrogens with zero attached hydrogens (tertiary/aromatic N) is 3. The van der Waals surface area contributed by atoms with E-state index in [1.807, 2.05) is 42.3 Å². The molecule has 0 radical (unpaired) electrons. The predicted molar refractivity (Wildman–Crippen MR) is 144 cm³/mol. The average Bonchev–Trinajstić information content (AvgIpc) is 2.74. The number of primary amides is 1. The van der Waals surface area contributed by atoms with Crippen molar-refractivity contribution < 1.29 is 23.9 Å². The van der Waals surface area contributed by atoms with Gasteiger partial charge < -0.3 is 20.1 Å². The highest BCUT2D eigenvalue weighted by atomic mass is 32.1. The fourth-order valence-corrected chi connectivity index (χ4v) is 3.40. The zero-order valence-corrected chi connectivity index (χ0v) is 22.8.